The molecule has 21 heavy (non-hydrogen) atoms. The maximum absolute atomic E-state index is 12.1. The number of amides is 1. The molecule has 0 bridgehead atoms. The molecule has 0 fully saturated rings. The summed E-state index contributed by atoms with van der Waals surface area (Å²) in [6.45, 7) is 4.14. The first-order chi connectivity index (χ1) is 10.0. The molecule has 0 saturated carbocycles. The molecule has 1 heterocycles. The van der Waals surface area contributed by atoms with Gasteiger partial charge in [0.2, 0.25) is 0 Å². The van der Waals surface area contributed by atoms with Gasteiger partial charge in [0.05, 0.1) is 28.2 Å². The summed E-state index contributed by atoms with van der Waals surface area (Å²) in [7, 11) is 0. The van der Waals surface area contributed by atoms with Gasteiger partial charge in [0.15, 0.2) is 0 Å². The second-order valence-electron chi connectivity index (χ2n) is 5.00. The molecule has 1 amide bonds. The van der Waals surface area contributed by atoms with Crippen molar-refractivity contribution in [2.24, 2.45) is 5.92 Å². The van der Waals surface area contributed by atoms with Crippen LogP contribution in [0.25, 0.3) is 5.69 Å². The minimum Gasteiger partial charge on any atom is -0.396 e. The number of carbonyl (C=O) groups excluding carboxylic acids is 1. The number of nitrogens with one attached hydrogen (secondary N) is 1. The lowest BCUT2D eigenvalue weighted by Gasteiger charge is -2.10. The molecule has 0 spiro atoms. The van der Waals surface area contributed by atoms with E-state index in [-0.39, 0.29) is 18.4 Å². The molecule has 2 aromatic rings. The highest BCUT2D eigenvalue weighted by atomic mass is 35.5. The zero-order valence-electron chi connectivity index (χ0n) is 12.0. The van der Waals surface area contributed by atoms with Gasteiger partial charge in [-0.2, -0.15) is 5.10 Å². The monoisotopic (exact) mass is 307 g/mol. The third-order valence-corrected chi connectivity index (χ3v) is 3.58. The smallest absolute Gasteiger partial charge is 0.254 e. The van der Waals surface area contributed by atoms with Crippen LogP contribution in [-0.2, 0) is 0 Å². The van der Waals surface area contributed by atoms with Crippen molar-refractivity contribution >= 4 is 17.5 Å². The number of aromatic nitrogens is 2. The molecule has 6 heteroatoms. The first-order valence-corrected chi connectivity index (χ1v) is 7.11. The van der Waals surface area contributed by atoms with Crippen molar-refractivity contribution in [3.8, 4) is 5.69 Å². The van der Waals surface area contributed by atoms with Crippen LogP contribution in [0.3, 0.4) is 0 Å². The summed E-state index contributed by atoms with van der Waals surface area (Å²) in [6, 6.07) is 7.33. The van der Waals surface area contributed by atoms with Crippen molar-refractivity contribution < 1.29 is 9.90 Å². The van der Waals surface area contributed by atoms with Crippen LogP contribution in [0.1, 0.15) is 23.0 Å². The molecule has 112 valence electrons. The van der Waals surface area contributed by atoms with Crippen LogP contribution >= 0.6 is 11.6 Å². The van der Waals surface area contributed by atoms with Crippen molar-refractivity contribution in [1.29, 1.82) is 0 Å². The van der Waals surface area contributed by atoms with E-state index in [4.69, 9.17) is 16.7 Å². The van der Waals surface area contributed by atoms with Gasteiger partial charge < -0.3 is 10.4 Å². The number of aliphatic hydroxyl groups excluding tert-OH is 1. The Labute approximate surface area is 128 Å². The van der Waals surface area contributed by atoms with Crippen molar-refractivity contribution in [3.05, 3.63) is 46.7 Å². The van der Waals surface area contributed by atoms with Crippen LogP contribution in [0, 0.1) is 12.8 Å². The second-order valence-corrected chi connectivity index (χ2v) is 5.41. The predicted molar refractivity (Wildman–Crippen MR) is 81.9 cm³/mol. The molecule has 0 aliphatic carbocycles. The van der Waals surface area contributed by atoms with E-state index in [1.807, 2.05) is 32.0 Å². The van der Waals surface area contributed by atoms with Crippen molar-refractivity contribution in [3.63, 3.8) is 0 Å². The van der Waals surface area contributed by atoms with E-state index in [2.05, 4.69) is 10.4 Å². The third kappa shape index (κ3) is 3.43. The summed E-state index contributed by atoms with van der Waals surface area (Å²) in [4.78, 5) is 12.1. The van der Waals surface area contributed by atoms with Crippen LogP contribution in [-0.4, -0.2) is 33.9 Å². The van der Waals surface area contributed by atoms with E-state index >= 15 is 0 Å². The number of nitrogens with zero attached hydrogens (tertiary/aromatic N) is 2. The SMILES string of the molecule is Cc1c(C(=O)NCC(C)CO)cnn1-c1ccccc1Cl. The maximum atomic E-state index is 12.1. The largest absolute Gasteiger partial charge is 0.396 e. The fourth-order valence-corrected chi connectivity index (χ4v) is 2.14. The summed E-state index contributed by atoms with van der Waals surface area (Å²) in [5.41, 5.74) is 1.96. The molecule has 1 unspecified atom stereocenters. The van der Waals surface area contributed by atoms with E-state index in [9.17, 15) is 4.79 Å². The standard InChI is InChI=1S/C15H18ClN3O2/c1-10(9-20)7-17-15(21)12-8-18-19(11(12)2)14-6-4-3-5-13(14)16/h3-6,8,10,20H,7,9H2,1-2H3,(H,17,21). The molecular weight excluding hydrogens is 290 g/mol. The highest BCUT2D eigenvalue weighted by Crippen LogP contribution is 2.21. The quantitative estimate of drug-likeness (QED) is 0.890. The van der Waals surface area contributed by atoms with Gasteiger partial charge in [0.25, 0.3) is 5.91 Å². The fraction of sp³-hybridized carbons (Fsp3) is 0.333. The van der Waals surface area contributed by atoms with Crippen LogP contribution < -0.4 is 5.32 Å². The van der Waals surface area contributed by atoms with Gasteiger partial charge in [-0.1, -0.05) is 30.7 Å². The normalized spacial score (nSPS) is 12.2. The topological polar surface area (TPSA) is 67.2 Å². The lowest BCUT2D eigenvalue weighted by molar-refractivity contribution is 0.0941. The average Bonchev–Trinajstić information content (AvgIpc) is 2.86. The highest BCUT2D eigenvalue weighted by Gasteiger charge is 2.16. The molecular formula is C15H18ClN3O2. The van der Waals surface area contributed by atoms with Gasteiger partial charge >= 0.3 is 0 Å². The van der Waals surface area contributed by atoms with Gasteiger partial charge in [-0.15, -0.1) is 0 Å². The number of rotatable bonds is 5. The molecule has 0 aliphatic heterocycles. The number of carbonyl (C=O) groups is 1. The lowest BCUT2D eigenvalue weighted by Crippen LogP contribution is -2.29. The van der Waals surface area contributed by atoms with Gasteiger partial charge in [0, 0.05) is 13.2 Å². The van der Waals surface area contributed by atoms with E-state index < -0.39 is 0 Å². The van der Waals surface area contributed by atoms with E-state index in [0.717, 1.165) is 11.4 Å². The summed E-state index contributed by atoms with van der Waals surface area (Å²) >= 11 is 6.15. The Balaban J connectivity index is 2.21. The fourth-order valence-electron chi connectivity index (χ4n) is 1.93. The van der Waals surface area contributed by atoms with Crippen LogP contribution in [0.4, 0.5) is 0 Å². The Hall–Kier alpha value is -1.85. The van der Waals surface area contributed by atoms with Crippen molar-refractivity contribution in [1.82, 2.24) is 15.1 Å². The summed E-state index contributed by atoms with van der Waals surface area (Å²) in [5.74, 6) is -0.182. The number of hydrogen-bond acceptors (Lipinski definition) is 3. The molecule has 0 aliphatic rings. The van der Waals surface area contributed by atoms with Gasteiger partial charge in [-0.3, -0.25) is 4.79 Å². The Kier molecular flexibility index (Phi) is 4.98. The molecule has 5 nitrogen and oxygen atoms in total. The Morgan fingerprint density at radius 1 is 1.48 bits per heavy atom. The molecule has 0 radical (unpaired) electrons. The molecule has 0 saturated heterocycles. The lowest BCUT2D eigenvalue weighted by atomic mass is 10.2. The first kappa shape index (κ1) is 15.5. The number of aliphatic hydroxyl groups is 1. The number of benzene rings is 1. The predicted octanol–water partition coefficient (Wildman–Crippen LogP) is 2.19. The van der Waals surface area contributed by atoms with Crippen LogP contribution in [0.2, 0.25) is 5.02 Å². The van der Waals surface area contributed by atoms with Crippen LogP contribution in [0.15, 0.2) is 30.5 Å². The first-order valence-electron chi connectivity index (χ1n) is 6.73. The van der Waals surface area contributed by atoms with E-state index in [1.54, 1.807) is 10.7 Å². The molecule has 2 rings (SSSR count). The highest BCUT2D eigenvalue weighted by molar-refractivity contribution is 6.32. The van der Waals surface area contributed by atoms with Crippen molar-refractivity contribution in [2.75, 3.05) is 13.2 Å². The minimum atomic E-state index is -0.203. The molecule has 1 aromatic heterocycles. The average molecular weight is 308 g/mol. The third-order valence-electron chi connectivity index (χ3n) is 3.26. The van der Waals surface area contributed by atoms with Crippen LogP contribution in [0.5, 0.6) is 0 Å². The molecule has 2 N–H and O–H groups in total. The number of halogens is 1. The summed E-state index contributed by atoms with van der Waals surface area (Å²) in [5, 5.41) is 16.6. The zero-order chi connectivity index (χ0) is 15.4. The summed E-state index contributed by atoms with van der Waals surface area (Å²) < 4.78 is 1.65. The Bertz CT molecular complexity index is 640. The van der Waals surface area contributed by atoms with Gasteiger partial charge in [0.1, 0.15) is 0 Å². The van der Waals surface area contributed by atoms with Gasteiger partial charge in [-0.25, -0.2) is 4.68 Å². The minimum absolute atomic E-state index is 0.0212. The maximum Gasteiger partial charge on any atom is 0.254 e. The van der Waals surface area contributed by atoms with Gasteiger partial charge in [-0.05, 0) is 25.0 Å². The number of para-hydroxylation sites is 1. The Morgan fingerprint density at radius 2 is 2.19 bits per heavy atom. The number of hydrogen-bond donors (Lipinski definition) is 2. The molecule has 1 atom stereocenters. The summed E-state index contributed by atoms with van der Waals surface area (Å²) in [6.07, 6.45) is 1.53. The van der Waals surface area contributed by atoms with E-state index in [0.29, 0.717) is 17.1 Å². The molecule has 1 aromatic carbocycles. The Morgan fingerprint density at radius 3 is 2.86 bits per heavy atom. The van der Waals surface area contributed by atoms with Crippen molar-refractivity contribution in [2.45, 2.75) is 13.8 Å². The second kappa shape index (κ2) is 6.74. The van der Waals surface area contributed by atoms with E-state index in [1.165, 1.54) is 6.20 Å². The zero-order valence-corrected chi connectivity index (χ0v) is 12.8.